The zero-order valence-corrected chi connectivity index (χ0v) is 29.1. The molecular formula is C38H51N7O4. The topological polar surface area (TPSA) is 120 Å². The van der Waals surface area contributed by atoms with Crippen molar-refractivity contribution in [2.45, 2.75) is 84.8 Å². The number of hydrogen-bond acceptors (Lipinski definition) is 9. The molecule has 0 saturated carbocycles. The minimum atomic E-state index is -0.983. The molecule has 2 aromatic heterocycles. The van der Waals surface area contributed by atoms with Crippen LogP contribution < -0.4 is 0 Å². The van der Waals surface area contributed by atoms with Gasteiger partial charge in [0.1, 0.15) is 11.6 Å². The average Bonchev–Trinajstić information content (AvgIpc) is 3.89. The highest BCUT2D eigenvalue weighted by atomic mass is 16.7. The molecule has 2 unspecified atom stereocenters. The summed E-state index contributed by atoms with van der Waals surface area (Å²) in [6.45, 7) is 13.5. The Hall–Kier alpha value is -4.32. The van der Waals surface area contributed by atoms with Crippen LogP contribution in [0.5, 0.6) is 0 Å². The summed E-state index contributed by atoms with van der Waals surface area (Å²) in [5, 5.41) is 0. The van der Waals surface area contributed by atoms with Crippen LogP contribution in [-0.4, -0.2) is 79.3 Å². The molecule has 0 aliphatic carbocycles. The van der Waals surface area contributed by atoms with Crippen LogP contribution in [0.2, 0.25) is 0 Å². The summed E-state index contributed by atoms with van der Waals surface area (Å²) in [6.07, 6.45) is 11.0. The van der Waals surface area contributed by atoms with Gasteiger partial charge >= 0.3 is 11.9 Å². The van der Waals surface area contributed by atoms with E-state index in [-0.39, 0.29) is 18.4 Å². The molecule has 11 heteroatoms. The van der Waals surface area contributed by atoms with Crippen LogP contribution in [0.15, 0.2) is 73.3 Å². The number of imidazole rings is 2. The summed E-state index contributed by atoms with van der Waals surface area (Å²) in [4.78, 5) is 47.8. The number of aromatic amines is 2. The Balaban J connectivity index is 1.20. The molecule has 49 heavy (non-hydrogen) atoms. The average molecular weight is 670 g/mol. The van der Waals surface area contributed by atoms with Gasteiger partial charge in [0.15, 0.2) is 0 Å². The Morgan fingerprint density at radius 1 is 0.837 bits per heavy atom. The maximum absolute atomic E-state index is 13.0. The van der Waals surface area contributed by atoms with E-state index in [2.05, 4.69) is 79.7 Å². The Morgan fingerprint density at radius 2 is 1.51 bits per heavy atom. The van der Waals surface area contributed by atoms with E-state index < -0.39 is 12.3 Å². The van der Waals surface area contributed by atoms with Crippen molar-refractivity contribution in [1.29, 1.82) is 0 Å². The first kappa shape index (κ1) is 36.0. The second kappa shape index (κ2) is 18.4. The summed E-state index contributed by atoms with van der Waals surface area (Å²) in [5.41, 5.74) is 3.43. The van der Waals surface area contributed by atoms with Crippen molar-refractivity contribution in [1.82, 2.24) is 34.6 Å². The van der Waals surface area contributed by atoms with E-state index in [1.54, 1.807) is 30.6 Å². The van der Waals surface area contributed by atoms with Gasteiger partial charge in [-0.15, -0.1) is 0 Å². The number of H-pyrrole nitrogens is 2. The van der Waals surface area contributed by atoms with Crippen molar-refractivity contribution in [2.24, 2.45) is 0 Å². The lowest BCUT2D eigenvalue weighted by Crippen LogP contribution is -2.30. The van der Waals surface area contributed by atoms with E-state index in [9.17, 15) is 9.59 Å². The zero-order valence-electron chi connectivity index (χ0n) is 29.1. The highest BCUT2D eigenvalue weighted by molar-refractivity contribution is 5.94. The fourth-order valence-corrected chi connectivity index (χ4v) is 6.36. The summed E-state index contributed by atoms with van der Waals surface area (Å²) >= 11 is 0. The summed E-state index contributed by atoms with van der Waals surface area (Å²) in [7, 11) is 0. The van der Waals surface area contributed by atoms with Gasteiger partial charge in [-0.1, -0.05) is 56.3 Å². The third kappa shape index (κ3) is 10.6. The maximum atomic E-state index is 13.0. The number of fused-ring (bicyclic) bond motifs is 1. The largest absolute Gasteiger partial charge is 0.420 e. The Bertz CT molecular complexity index is 1550. The molecule has 262 valence electrons. The second-order valence-electron chi connectivity index (χ2n) is 12.8. The first-order valence-corrected chi connectivity index (χ1v) is 17.7. The lowest BCUT2D eigenvalue weighted by molar-refractivity contribution is -0.168. The van der Waals surface area contributed by atoms with Crippen molar-refractivity contribution >= 4 is 11.9 Å². The number of esters is 2. The quantitative estimate of drug-likeness (QED) is 0.0767. The van der Waals surface area contributed by atoms with E-state index in [0.717, 1.165) is 76.6 Å². The standard InChI is InChI=1S/C38H51N7O4/c1-4-21-43(22-5-2)23-8-9-24-44(25-16-35(46)48-38-33-11-7-6-10-32(33)37(47)49-38)26-30-12-14-31(15-13-30)27-45(28-34-39-17-18-40-34)29(3)36-41-19-20-42-36/h6-7,10-15,17-20,29,38H,4-5,8-9,16,21-28H2,1-3H3,(H,39,40)(H,41,42). The molecule has 0 spiro atoms. The molecule has 1 aliphatic rings. The third-order valence-corrected chi connectivity index (χ3v) is 8.98. The Morgan fingerprint density at radius 3 is 2.18 bits per heavy atom. The smallest absolute Gasteiger partial charge is 0.342 e. The molecule has 4 aromatic rings. The van der Waals surface area contributed by atoms with Gasteiger partial charge in [0, 0.05) is 50.0 Å². The number of carbonyl (C=O) groups excluding carboxylic acids is 2. The highest BCUT2D eigenvalue weighted by Gasteiger charge is 2.33. The van der Waals surface area contributed by atoms with Crippen LogP contribution in [0.25, 0.3) is 0 Å². The summed E-state index contributed by atoms with van der Waals surface area (Å²) < 4.78 is 11.0. The van der Waals surface area contributed by atoms with Crippen LogP contribution in [0, 0.1) is 0 Å². The summed E-state index contributed by atoms with van der Waals surface area (Å²) in [5.74, 6) is 0.986. The zero-order chi connectivity index (χ0) is 34.4. The van der Waals surface area contributed by atoms with E-state index >= 15 is 0 Å². The van der Waals surface area contributed by atoms with Gasteiger partial charge in [0.25, 0.3) is 6.29 Å². The van der Waals surface area contributed by atoms with Crippen LogP contribution in [0.1, 0.15) is 104 Å². The first-order chi connectivity index (χ1) is 23.9. The minimum absolute atomic E-state index is 0.0711. The van der Waals surface area contributed by atoms with E-state index in [1.165, 1.54) is 11.1 Å². The summed E-state index contributed by atoms with van der Waals surface area (Å²) in [6, 6.07) is 15.9. The molecule has 2 atom stereocenters. The van der Waals surface area contributed by atoms with Crippen LogP contribution in [0.4, 0.5) is 0 Å². The lowest BCUT2D eigenvalue weighted by Gasteiger charge is -2.27. The molecule has 2 N–H and O–H groups in total. The number of hydrogen-bond donors (Lipinski definition) is 2. The monoisotopic (exact) mass is 669 g/mol. The van der Waals surface area contributed by atoms with Crippen molar-refractivity contribution < 1.29 is 19.1 Å². The number of nitrogens with zero attached hydrogens (tertiary/aromatic N) is 5. The van der Waals surface area contributed by atoms with Crippen molar-refractivity contribution in [2.75, 3.05) is 32.7 Å². The number of carbonyl (C=O) groups is 2. The molecule has 0 amide bonds. The predicted octanol–water partition coefficient (Wildman–Crippen LogP) is 6.40. The van der Waals surface area contributed by atoms with Gasteiger partial charge in [0.05, 0.1) is 24.6 Å². The number of unbranched alkanes of at least 4 members (excludes halogenated alkanes) is 1. The maximum Gasteiger partial charge on any atom is 0.342 e. The first-order valence-electron chi connectivity index (χ1n) is 17.7. The molecule has 2 aromatic carbocycles. The third-order valence-electron chi connectivity index (χ3n) is 8.98. The fraction of sp³-hybridized carbons (Fsp3) is 0.474. The second-order valence-corrected chi connectivity index (χ2v) is 12.8. The van der Waals surface area contributed by atoms with Crippen LogP contribution in [-0.2, 0) is 33.9 Å². The van der Waals surface area contributed by atoms with Crippen LogP contribution >= 0.6 is 0 Å². The molecule has 0 bridgehead atoms. The number of cyclic esters (lactones) is 1. The number of aromatic nitrogens is 4. The molecule has 0 fully saturated rings. The lowest BCUT2D eigenvalue weighted by atomic mass is 10.1. The van der Waals surface area contributed by atoms with Gasteiger partial charge < -0.3 is 24.3 Å². The van der Waals surface area contributed by atoms with Crippen molar-refractivity contribution in [3.8, 4) is 0 Å². The predicted molar refractivity (Wildman–Crippen MR) is 188 cm³/mol. The van der Waals surface area contributed by atoms with Gasteiger partial charge in [-0.25, -0.2) is 14.8 Å². The molecular weight excluding hydrogens is 618 g/mol. The number of nitrogens with one attached hydrogen (secondary N) is 2. The highest BCUT2D eigenvalue weighted by Crippen LogP contribution is 2.31. The van der Waals surface area contributed by atoms with E-state index in [1.807, 2.05) is 18.5 Å². The van der Waals surface area contributed by atoms with Gasteiger partial charge in [-0.05, 0) is 76.0 Å². The normalized spacial score (nSPS) is 14.8. The van der Waals surface area contributed by atoms with E-state index in [0.29, 0.717) is 24.2 Å². The van der Waals surface area contributed by atoms with Gasteiger partial charge in [-0.2, -0.15) is 0 Å². The van der Waals surface area contributed by atoms with Crippen molar-refractivity contribution in [3.05, 3.63) is 107 Å². The van der Waals surface area contributed by atoms with Crippen LogP contribution in [0.3, 0.4) is 0 Å². The SMILES string of the molecule is CCCN(CCC)CCCCN(CCC(=O)OC1OC(=O)c2ccccc21)Cc1ccc(CN(Cc2ncc[nH]2)C(C)c2ncc[nH]2)cc1. The Kier molecular flexibility index (Phi) is 13.5. The Labute approximate surface area is 290 Å². The molecule has 11 nitrogen and oxygen atoms in total. The molecule has 0 radical (unpaired) electrons. The van der Waals surface area contributed by atoms with Gasteiger partial charge in [-0.3, -0.25) is 14.6 Å². The number of benzene rings is 2. The minimum Gasteiger partial charge on any atom is -0.420 e. The van der Waals surface area contributed by atoms with Gasteiger partial charge in [0.2, 0.25) is 0 Å². The number of rotatable bonds is 21. The number of ether oxygens (including phenoxy) is 2. The molecule has 0 saturated heterocycles. The molecule has 3 heterocycles. The van der Waals surface area contributed by atoms with Crippen molar-refractivity contribution in [3.63, 3.8) is 0 Å². The van der Waals surface area contributed by atoms with E-state index in [4.69, 9.17) is 9.47 Å². The fourth-order valence-electron chi connectivity index (χ4n) is 6.36. The molecule has 1 aliphatic heterocycles. The molecule has 5 rings (SSSR count).